The molecule has 0 aliphatic heterocycles. The van der Waals surface area contributed by atoms with Crippen LogP contribution in [0.5, 0.6) is 0 Å². The molecule has 2 N–H and O–H groups in total. The zero-order chi connectivity index (χ0) is 20.9. The number of benzene rings is 1. The molecule has 0 unspecified atom stereocenters. The number of furan rings is 1. The van der Waals surface area contributed by atoms with Crippen LogP contribution in [0.4, 0.5) is 5.82 Å². The number of hydrogen-bond donors (Lipinski definition) is 2. The monoisotopic (exact) mass is 421 g/mol. The van der Waals surface area contributed by atoms with Gasteiger partial charge in [-0.25, -0.2) is 4.98 Å². The van der Waals surface area contributed by atoms with Crippen molar-refractivity contribution < 1.29 is 9.21 Å². The van der Waals surface area contributed by atoms with Crippen molar-refractivity contribution in [3.05, 3.63) is 77.3 Å². The van der Waals surface area contributed by atoms with Crippen LogP contribution in [0.1, 0.15) is 11.3 Å². The molecule has 4 rings (SSSR count). The maximum atomic E-state index is 11.9. The van der Waals surface area contributed by atoms with Crippen LogP contribution in [-0.2, 0) is 4.79 Å². The first-order valence-electron chi connectivity index (χ1n) is 9.45. The largest absolute Gasteiger partial charge is 0.465 e. The molecule has 0 saturated carbocycles. The van der Waals surface area contributed by atoms with Crippen molar-refractivity contribution in [2.45, 2.75) is 6.92 Å². The highest BCUT2D eigenvalue weighted by atomic mass is 35.5. The van der Waals surface area contributed by atoms with Crippen LogP contribution < -0.4 is 10.6 Å². The first-order chi connectivity index (χ1) is 14.6. The second-order valence-electron chi connectivity index (χ2n) is 6.64. The third kappa shape index (κ3) is 4.36. The Balaban J connectivity index is 1.46. The molecular weight excluding hydrogens is 402 g/mol. The Kier molecular flexibility index (Phi) is 5.81. The standard InChI is InChI=1S/C22H20ClN5O2/c1-15-14-26-28-20(13-19(27-22(15)28)17-6-2-3-7-18(17)23)24-10-11-25-21(29)9-8-16-5-4-12-30-16/h2-9,12-14,24H,10-11H2,1H3,(H,25,29)/b9-8+. The highest BCUT2D eigenvalue weighted by Crippen LogP contribution is 2.29. The van der Waals surface area contributed by atoms with E-state index in [1.54, 1.807) is 35.2 Å². The number of rotatable bonds is 7. The Labute approximate surface area is 178 Å². The number of carbonyl (C=O) groups is 1. The molecule has 0 spiro atoms. The Morgan fingerprint density at radius 3 is 2.90 bits per heavy atom. The van der Waals surface area contributed by atoms with Crippen LogP contribution in [0.2, 0.25) is 5.02 Å². The third-order valence-electron chi connectivity index (χ3n) is 4.47. The van der Waals surface area contributed by atoms with Gasteiger partial charge in [-0.05, 0) is 31.2 Å². The molecule has 1 amide bonds. The number of aromatic nitrogens is 3. The lowest BCUT2D eigenvalue weighted by Crippen LogP contribution is -2.27. The van der Waals surface area contributed by atoms with Gasteiger partial charge in [-0.15, -0.1) is 0 Å². The Bertz CT molecular complexity index is 1200. The molecule has 0 saturated heterocycles. The van der Waals surface area contributed by atoms with Gasteiger partial charge in [-0.3, -0.25) is 4.79 Å². The molecular formula is C22H20ClN5O2. The van der Waals surface area contributed by atoms with E-state index in [-0.39, 0.29) is 5.91 Å². The fourth-order valence-electron chi connectivity index (χ4n) is 2.98. The summed E-state index contributed by atoms with van der Waals surface area (Å²) in [6.07, 6.45) is 6.39. The highest BCUT2D eigenvalue weighted by Gasteiger charge is 2.12. The van der Waals surface area contributed by atoms with Gasteiger partial charge in [0.2, 0.25) is 5.91 Å². The van der Waals surface area contributed by atoms with E-state index >= 15 is 0 Å². The quantitative estimate of drug-likeness (QED) is 0.345. The number of nitrogens with zero attached hydrogens (tertiary/aromatic N) is 3. The number of hydrogen-bond acceptors (Lipinski definition) is 5. The molecule has 0 bridgehead atoms. The van der Waals surface area contributed by atoms with E-state index < -0.39 is 0 Å². The summed E-state index contributed by atoms with van der Waals surface area (Å²) in [4.78, 5) is 16.7. The van der Waals surface area contributed by atoms with Crippen molar-refractivity contribution in [2.75, 3.05) is 18.4 Å². The summed E-state index contributed by atoms with van der Waals surface area (Å²) in [6.45, 7) is 2.91. The van der Waals surface area contributed by atoms with Gasteiger partial charge in [0.05, 0.1) is 18.2 Å². The normalized spacial score (nSPS) is 11.3. The molecule has 0 atom stereocenters. The molecule has 30 heavy (non-hydrogen) atoms. The van der Waals surface area contributed by atoms with Gasteiger partial charge >= 0.3 is 0 Å². The number of amides is 1. The summed E-state index contributed by atoms with van der Waals surface area (Å²) in [5.74, 6) is 1.20. The Hall–Kier alpha value is -3.58. The molecule has 3 aromatic heterocycles. The number of aryl methyl sites for hydroxylation is 1. The summed E-state index contributed by atoms with van der Waals surface area (Å²) in [5, 5.41) is 11.2. The molecule has 0 aliphatic carbocycles. The van der Waals surface area contributed by atoms with Gasteiger partial charge in [0.15, 0.2) is 5.65 Å². The zero-order valence-electron chi connectivity index (χ0n) is 16.3. The molecule has 1 aromatic carbocycles. The fourth-order valence-corrected chi connectivity index (χ4v) is 3.22. The predicted molar refractivity (Wildman–Crippen MR) is 117 cm³/mol. The van der Waals surface area contributed by atoms with Crippen molar-refractivity contribution in [3.8, 4) is 11.3 Å². The smallest absolute Gasteiger partial charge is 0.244 e. The van der Waals surface area contributed by atoms with E-state index in [0.29, 0.717) is 23.9 Å². The number of fused-ring (bicyclic) bond motifs is 1. The van der Waals surface area contributed by atoms with Gasteiger partial charge in [0, 0.05) is 41.4 Å². The molecule has 8 heteroatoms. The van der Waals surface area contributed by atoms with Crippen molar-refractivity contribution in [1.29, 1.82) is 0 Å². The van der Waals surface area contributed by atoms with E-state index in [9.17, 15) is 4.79 Å². The van der Waals surface area contributed by atoms with Gasteiger partial charge in [0.1, 0.15) is 11.6 Å². The first-order valence-corrected chi connectivity index (χ1v) is 9.83. The zero-order valence-corrected chi connectivity index (χ0v) is 17.1. The van der Waals surface area contributed by atoms with Crippen molar-refractivity contribution >= 4 is 35.0 Å². The number of anilines is 1. The molecule has 0 aliphatic rings. The summed E-state index contributed by atoms with van der Waals surface area (Å²) in [6, 6.07) is 13.0. The van der Waals surface area contributed by atoms with Gasteiger partial charge in [-0.1, -0.05) is 29.8 Å². The van der Waals surface area contributed by atoms with Gasteiger partial charge in [0.25, 0.3) is 0 Å². The van der Waals surface area contributed by atoms with Crippen LogP contribution in [-0.4, -0.2) is 33.6 Å². The number of carbonyl (C=O) groups excluding carboxylic acids is 1. The summed E-state index contributed by atoms with van der Waals surface area (Å²) in [7, 11) is 0. The minimum absolute atomic E-state index is 0.195. The maximum Gasteiger partial charge on any atom is 0.244 e. The summed E-state index contributed by atoms with van der Waals surface area (Å²) < 4.78 is 6.91. The molecule has 152 valence electrons. The summed E-state index contributed by atoms with van der Waals surface area (Å²) in [5.41, 5.74) is 3.31. The van der Waals surface area contributed by atoms with Crippen LogP contribution in [0.25, 0.3) is 23.0 Å². The molecule has 3 heterocycles. The van der Waals surface area contributed by atoms with E-state index in [4.69, 9.17) is 21.0 Å². The van der Waals surface area contributed by atoms with Crippen molar-refractivity contribution in [1.82, 2.24) is 19.9 Å². The highest BCUT2D eigenvalue weighted by molar-refractivity contribution is 6.33. The summed E-state index contributed by atoms with van der Waals surface area (Å²) >= 11 is 6.36. The average molecular weight is 422 g/mol. The number of nitrogens with one attached hydrogen (secondary N) is 2. The van der Waals surface area contributed by atoms with Gasteiger partial charge in [-0.2, -0.15) is 9.61 Å². The lowest BCUT2D eigenvalue weighted by Gasteiger charge is -2.12. The molecule has 0 radical (unpaired) electrons. The van der Waals surface area contributed by atoms with E-state index in [2.05, 4.69) is 15.7 Å². The van der Waals surface area contributed by atoms with Crippen LogP contribution in [0.15, 0.2) is 65.4 Å². The first kappa shape index (κ1) is 19.7. The lowest BCUT2D eigenvalue weighted by molar-refractivity contribution is -0.116. The van der Waals surface area contributed by atoms with E-state index in [0.717, 1.165) is 28.3 Å². The van der Waals surface area contributed by atoms with E-state index in [1.807, 2.05) is 37.3 Å². The lowest BCUT2D eigenvalue weighted by atomic mass is 10.1. The van der Waals surface area contributed by atoms with E-state index in [1.165, 1.54) is 6.08 Å². The fraction of sp³-hybridized carbons (Fsp3) is 0.136. The minimum atomic E-state index is -0.195. The average Bonchev–Trinajstić information content (AvgIpc) is 3.40. The van der Waals surface area contributed by atoms with Crippen molar-refractivity contribution in [3.63, 3.8) is 0 Å². The Morgan fingerprint density at radius 1 is 1.23 bits per heavy atom. The third-order valence-corrected chi connectivity index (χ3v) is 4.80. The molecule has 0 fully saturated rings. The van der Waals surface area contributed by atoms with Crippen LogP contribution >= 0.6 is 11.6 Å². The topological polar surface area (TPSA) is 84.5 Å². The van der Waals surface area contributed by atoms with Crippen LogP contribution in [0, 0.1) is 6.92 Å². The Morgan fingerprint density at radius 2 is 2.10 bits per heavy atom. The predicted octanol–water partition coefficient (Wildman–Crippen LogP) is 4.19. The second-order valence-corrected chi connectivity index (χ2v) is 7.04. The maximum absolute atomic E-state index is 11.9. The second kappa shape index (κ2) is 8.84. The van der Waals surface area contributed by atoms with Gasteiger partial charge < -0.3 is 15.1 Å². The van der Waals surface area contributed by atoms with Crippen molar-refractivity contribution in [2.24, 2.45) is 0 Å². The minimum Gasteiger partial charge on any atom is -0.465 e. The molecule has 4 aromatic rings. The SMILES string of the molecule is Cc1cnn2c(NCCNC(=O)/C=C/c3ccco3)cc(-c3ccccc3Cl)nc12. The van der Waals surface area contributed by atoms with Crippen LogP contribution in [0.3, 0.4) is 0 Å². The number of halogens is 1. The molecule has 7 nitrogen and oxygen atoms in total.